The first kappa shape index (κ1) is 17.1. The molecule has 0 aliphatic heterocycles. The minimum absolute atomic E-state index is 0.0418. The number of benzene rings is 1. The van der Waals surface area contributed by atoms with E-state index in [0.29, 0.717) is 13.0 Å². The van der Waals surface area contributed by atoms with Crippen molar-refractivity contribution >= 4 is 5.91 Å². The van der Waals surface area contributed by atoms with E-state index in [1.807, 2.05) is 55.8 Å². The van der Waals surface area contributed by atoms with E-state index in [2.05, 4.69) is 10.3 Å². The maximum atomic E-state index is 11.9. The fourth-order valence-electron chi connectivity index (χ4n) is 2.19. The van der Waals surface area contributed by atoms with Gasteiger partial charge in [0.1, 0.15) is 11.4 Å². The molecule has 0 atom stereocenters. The van der Waals surface area contributed by atoms with E-state index >= 15 is 0 Å². The number of aromatic nitrogens is 2. The fraction of sp³-hybridized carbons (Fsp3) is 0.444. The highest BCUT2D eigenvalue weighted by molar-refractivity contribution is 5.78. The number of carbonyl (C=O) groups excluding carboxylic acids is 1. The maximum Gasteiger partial charge on any atom is 0.224 e. The molecule has 0 fully saturated rings. The molecule has 0 radical (unpaired) electrons. The molecule has 0 bridgehead atoms. The SMILES string of the molecule is CC(C)(C)Oc1ccc(CC(=O)NCCCn2ccnc2)cc1. The molecule has 1 aromatic carbocycles. The monoisotopic (exact) mass is 315 g/mol. The zero-order valence-electron chi connectivity index (χ0n) is 14.1. The van der Waals surface area contributed by atoms with Gasteiger partial charge < -0.3 is 14.6 Å². The normalized spacial score (nSPS) is 11.3. The van der Waals surface area contributed by atoms with Crippen LogP contribution < -0.4 is 10.1 Å². The number of carbonyl (C=O) groups is 1. The van der Waals surface area contributed by atoms with Gasteiger partial charge in [-0.1, -0.05) is 12.1 Å². The Balaban J connectivity index is 1.70. The van der Waals surface area contributed by atoms with Gasteiger partial charge in [-0.3, -0.25) is 4.79 Å². The lowest BCUT2D eigenvalue weighted by Crippen LogP contribution is -2.26. The van der Waals surface area contributed by atoms with Crippen LogP contribution in [0.2, 0.25) is 0 Å². The van der Waals surface area contributed by atoms with Gasteiger partial charge in [0.05, 0.1) is 12.7 Å². The number of hydrogen-bond acceptors (Lipinski definition) is 3. The van der Waals surface area contributed by atoms with Crippen LogP contribution in [-0.2, 0) is 17.8 Å². The van der Waals surface area contributed by atoms with Crippen molar-refractivity contribution in [2.45, 2.75) is 45.8 Å². The summed E-state index contributed by atoms with van der Waals surface area (Å²) in [4.78, 5) is 15.9. The van der Waals surface area contributed by atoms with Crippen molar-refractivity contribution in [1.29, 1.82) is 0 Å². The highest BCUT2D eigenvalue weighted by Crippen LogP contribution is 2.18. The van der Waals surface area contributed by atoms with Crippen molar-refractivity contribution < 1.29 is 9.53 Å². The van der Waals surface area contributed by atoms with Crippen LogP contribution in [0.15, 0.2) is 43.0 Å². The topological polar surface area (TPSA) is 56.1 Å². The van der Waals surface area contributed by atoms with Gasteiger partial charge in [-0.2, -0.15) is 0 Å². The van der Waals surface area contributed by atoms with Crippen molar-refractivity contribution in [2.75, 3.05) is 6.54 Å². The van der Waals surface area contributed by atoms with Crippen molar-refractivity contribution in [3.8, 4) is 5.75 Å². The molecule has 0 aliphatic rings. The molecule has 1 amide bonds. The average Bonchev–Trinajstić information content (AvgIpc) is 2.97. The van der Waals surface area contributed by atoms with E-state index in [-0.39, 0.29) is 11.5 Å². The highest BCUT2D eigenvalue weighted by Gasteiger charge is 2.11. The van der Waals surface area contributed by atoms with Crippen LogP contribution in [0.4, 0.5) is 0 Å². The van der Waals surface area contributed by atoms with E-state index < -0.39 is 0 Å². The lowest BCUT2D eigenvalue weighted by atomic mass is 10.1. The third-order valence-electron chi connectivity index (χ3n) is 3.19. The third kappa shape index (κ3) is 6.55. The summed E-state index contributed by atoms with van der Waals surface area (Å²) in [5, 5.41) is 2.94. The largest absolute Gasteiger partial charge is 0.488 e. The average molecular weight is 315 g/mol. The molecule has 0 saturated heterocycles. The van der Waals surface area contributed by atoms with Gasteiger partial charge in [0.15, 0.2) is 0 Å². The molecule has 5 heteroatoms. The number of ether oxygens (including phenoxy) is 1. The van der Waals surface area contributed by atoms with Crippen LogP contribution in [-0.4, -0.2) is 27.6 Å². The molecular formula is C18H25N3O2. The van der Waals surface area contributed by atoms with E-state index in [4.69, 9.17) is 4.74 Å². The quantitative estimate of drug-likeness (QED) is 0.799. The van der Waals surface area contributed by atoms with Gasteiger partial charge in [0.25, 0.3) is 0 Å². The first-order chi connectivity index (χ1) is 10.9. The molecule has 0 unspecified atom stereocenters. The van der Waals surface area contributed by atoms with Crippen molar-refractivity contribution in [1.82, 2.24) is 14.9 Å². The van der Waals surface area contributed by atoms with Crippen molar-refractivity contribution in [2.24, 2.45) is 0 Å². The summed E-state index contributed by atoms with van der Waals surface area (Å²) in [7, 11) is 0. The Hall–Kier alpha value is -2.30. The standard InChI is InChI=1S/C18H25N3O2/c1-18(2,3)23-16-7-5-15(6-8-16)13-17(22)20-9-4-11-21-12-10-19-14-21/h5-8,10,12,14H,4,9,11,13H2,1-3H3,(H,20,22). The second-order valence-electron chi connectivity index (χ2n) is 6.54. The Morgan fingerprint density at radius 2 is 2.00 bits per heavy atom. The van der Waals surface area contributed by atoms with Gasteiger partial charge in [-0.25, -0.2) is 4.98 Å². The molecular weight excluding hydrogens is 290 g/mol. The summed E-state index contributed by atoms with van der Waals surface area (Å²) >= 11 is 0. The minimum Gasteiger partial charge on any atom is -0.488 e. The predicted molar refractivity (Wildman–Crippen MR) is 90.4 cm³/mol. The second-order valence-corrected chi connectivity index (χ2v) is 6.54. The Morgan fingerprint density at radius 1 is 1.26 bits per heavy atom. The maximum absolute atomic E-state index is 11.9. The zero-order chi connectivity index (χ0) is 16.7. The summed E-state index contributed by atoms with van der Waals surface area (Å²) in [6.07, 6.45) is 6.74. The highest BCUT2D eigenvalue weighted by atomic mass is 16.5. The molecule has 2 aromatic rings. The summed E-state index contributed by atoms with van der Waals surface area (Å²) in [6, 6.07) is 7.69. The summed E-state index contributed by atoms with van der Waals surface area (Å²) in [5.74, 6) is 0.863. The van der Waals surface area contributed by atoms with Gasteiger partial charge in [0.2, 0.25) is 5.91 Å². The number of nitrogens with one attached hydrogen (secondary N) is 1. The Labute approximate surface area is 137 Å². The first-order valence-corrected chi connectivity index (χ1v) is 7.93. The molecule has 0 saturated carbocycles. The number of nitrogens with zero attached hydrogens (tertiary/aromatic N) is 2. The Morgan fingerprint density at radius 3 is 2.61 bits per heavy atom. The van der Waals surface area contributed by atoms with Crippen LogP contribution in [0.5, 0.6) is 5.75 Å². The lowest BCUT2D eigenvalue weighted by Gasteiger charge is -2.21. The Kier molecular flexibility index (Phi) is 5.79. The summed E-state index contributed by atoms with van der Waals surface area (Å²) in [6.45, 7) is 7.57. The molecule has 23 heavy (non-hydrogen) atoms. The number of hydrogen-bond donors (Lipinski definition) is 1. The molecule has 0 aliphatic carbocycles. The Bertz CT molecular complexity index is 598. The fourth-order valence-corrected chi connectivity index (χ4v) is 2.19. The van der Waals surface area contributed by atoms with Gasteiger partial charge in [0, 0.05) is 25.5 Å². The van der Waals surface area contributed by atoms with Crippen molar-refractivity contribution in [3.63, 3.8) is 0 Å². The molecule has 5 nitrogen and oxygen atoms in total. The van der Waals surface area contributed by atoms with E-state index in [0.717, 1.165) is 24.3 Å². The molecule has 0 spiro atoms. The molecule has 1 N–H and O–H groups in total. The van der Waals surface area contributed by atoms with Crippen molar-refractivity contribution in [3.05, 3.63) is 48.5 Å². The minimum atomic E-state index is -0.214. The number of aryl methyl sites for hydroxylation is 1. The second kappa shape index (κ2) is 7.81. The zero-order valence-corrected chi connectivity index (χ0v) is 14.1. The number of imidazole rings is 1. The van der Waals surface area contributed by atoms with E-state index in [9.17, 15) is 4.79 Å². The van der Waals surface area contributed by atoms with Crippen LogP contribution >= 0.6 is 0 Å². The lowest BCUT2D eigenvalue weighted by molar-refractivity contribution is -0.120. The molecule has 1 heterocycles. The van der Waals surface area contributed by atoms with Crippen LogP contribution in [0.25, 0.3) is 0 Å². The summed E-state index contributed by atoms with van der Waals surface area (Å²) < 4.78 is 7.77. The molecule has 1 aromatic heterocycles. The van der Waals surface area contributed by atoms with Gasteiger partial charge >= 0.3 is 0 Å². The first-order valence-electron chi connectivity index (χ1n) is 7.93. The van der Waals surface area contributed by atoms with Crippen LogP contribution in [0.3, 0.4) is 0 Å². The number of rotatable bonds is 7. The van der Waals surface area contributed by atoms with E-state index in [1.165, 1.54) is 0 Å². The van der Waals surface area contributed by atoms with Crippen LogP contribution in [0, 0.1) is 0 Å². The predicted octanol–water partition coefficient (Wildman–Crippen LogP) is 2.81. The number of amides is 1. The van der Waals surface area contributed by atoms with Gasteiger partial charge in [-0.15, -0.1) is 0 Å². The molecule has 2 rings (SSSR count). The molecule has 124 valence electrons. The van der Waals surface area contributed by atoms with E-state index in [1.54, 1.807) is 12.5 Å². The van der Waals surface area contributed by atoms with Gasteiger partial charge in [-0.05, 0) is 44.9 Å². The van der Waals surface area contributed by atoms with Crippen LogP contribution in [0.1, 0.15) is 32.8 Å². The summed E-state index contributed by atoms with van der Waals surface area (Å²) in [5.41, 5.74) is 0.770. The third-order valence-corrected chi connectivity index (χ3v) is 3.19. The smallest absolute Gasteiger partial charge is 0.224 e.